The lowest BCUT2D eigenvalue weighted by atomic mass is 10.2. The first-order valence-electron chi connectivity index (χ1n) is 5.01. The average Bonchev–Trinajstić information content (AvgIpc) is 2.27. The Bertz CT molecular complexity index is 460. The minimum absolute atomic E-state index is 0.151. The summed E-state index contributed by atoms with van der Waals surface area (Å²) < 4.78 is 6.09. The normalized spacial score (nSPS) is 15.8. The van der Waals surface area contributed by atoms with Crippen LogP contribution in [0.4, 0.5) is 5.69 Å². The van der Waals surface area contributed by atoms with Gasteiger partial charge in [-0.3, -0.25) is 14.9 Å². The third-order valence-corrected chi connectivity index (χ3v) is 2.92. The molecule has 0 radical (unpaired) electrons. The number of benzene rings is 1. The number of carbonyl (C=O) groups excluding carboxylic acids is 2. The summed E-state index contributed by atoms with van der Waals surface area (Å²) >= 11 is 3.35. The van der Waals surface area contributed by atoms with Crippen molar-refractivity contribution in [3.05, 3.63) is 22.7 Å². The number of ether oxygens (including phenoxy) is 1. The molecule has 0 aromatic heterocycles. The third kappa shape index (κ3) is 2.58. The topological polar surface area (TPSA) is 58.6 Å². The molecule has 0 unspecified atom stereocenters. The van der Waals surface area contributed by atoms with Gasteiger partial charge >= 0.3 is 0 Å². The van der Waals surface area contributed by atoms with Crippen LogP contribution in [0.3, 0.4) is 0 Å². The highest BCUT2D eigenvalue weighted by atomic mass is 79.9. The van der Waals surface area contributed by atoms with Crippen molar-refractivity contribution in [3.63, 3.8) is 0 Å². The SMILES string of the molecule is COc1ccc(Br)cc1N1CC(=O)NC(=O)C1. The van der Waals surface area contributed by atoms with Crippen LogP contribution in [0.25, 0.3) is 0 Å². The summed E-state index contributed by atoms with van der Waals surface area (Å²) in [5.74, 6) is 0.0299. The highest BCUT2D eigenvalue weighted by molar-refractivity contribution is 9.10. The predicted molar refractivity (Wildman–Crippen MR) is 66.1 cm³/mol. The van der Waals surface area contributed by atoms with Gasteiger partial charge in [-0.15, -0.1) is 0 Å². The van der Waals surface area contributed by atoms with Crippen LogP contribution in [0, 0.1) is 0 Å². The van der Waals surface area contributed by atoms with Crippen LogP contribution in [-0.4, -0.2) is 32.0 Å². The molecule has 1 saturated heterocycles. The Balaban J connectivity index is 2.35. The van der Waals surface area contributed by atoms with E-state index >= 15 is 0 Å². The van der Waals surface area contributed by atoms with Crippen molar-refractivity contribution < 1.29 is 14.3 Å². The fourth-order valence-electron chi connectivity index (χ4n) is 1.72. The van der Waals surface area contributed by atoms with Crippen molar-refractivity contribution in [3.8, 4) is 5.75 Å². The van der Waals surface area contributed by atoms with Crippen LogP contribution in [0.1, 0.15) is 0 Å². The Morgan fingerprint density at radius 2 is 1.94 bits per heavy atom. The van der Waals surface area contributed by atoms with E-state index in [-0.39, 0.29) is 24.9 Å². The lowest BCUT2D eigenvalue weighted by molar-refractivity contribution is -0.130. The van der Waals surface area contributed by atoms with Gasteiger partial charge in [0.25, 0.3) is 0 Å². The molecular formula is C11H11BrN2O3. The predicted octanol–water partition coefficient (Wildman–Crippen LogP) is 0.920. The number of piperazine rings is 1. The summed E-state index contributed by atoms with van der Waals surface area (Å²) in [5, 5.41) is 2.26. The number of halogens is 1. The number of nitrogens with zero attached hydrogens (tertiary/aromatic N) is 1. The Morgan fingerprint density at radius 3 is 2.53 bits per heavy atom. The van der Waals surface area contributed by atoms with Crippen molar-refractivity contribution in [1.29, 1.82) is 0 Å². The maximum atomic E-state index is 11.3. The Kier molecular flexibility index (Phi) is 3.33. The first kappa shape index (κ1) is 11.9. The van der Waals surface area contributed by atoms with Crippen LogP contribution >= 0.6 is 15.9 Å². The van der Waals surface area contributed by atoms with E-state index in [1.165, 1.54) is 0 Å². The molecule has 1 aromatic rings. The minimum Gasteiger partial charge on any atom is -0.495 e. The van der Waals surface area contributed by atoms with E-state index in [4.69, 9.17) is 4.74 Å². The van der Waals surface area contributed by atoms with Crippen molar-refractivity contribution in [2.24, 2.45) is 0 Å². The number of carbonyl (C=O) groups is 2. The molecule has 0 atom stereocenters. The summed E-state index contributed by atoms with van der Waals surface area (Å²) in [6.07, 6.45) is 0. The van der Waals surface area contributed by atoms with Gasteiger partial charge in [0, 0.05) is 4.47 Å². The maximum Gasteiger partial charge on any atom is 0.246 e. The fraction of sp³-hybridized carbons (Fsp3) is 0.273. The van der Waals surface area contributed by atoms with Gasteiger partial charge in [0.2, 0.25) is 11.8 Å². The van der Waals surface area contributed by atoms with Crippen molar-refractivity contribution >= 4 is 33.4 Å². The molecule has 2 rings (SSSR count). The zero-order valence-electron chi connectivity index (χ0n) is 9.20. The Morgan fingerprint density at radius 1 is 1.29 bits per heavy atom. The minimum atomic E-state index is -0.303. The van der Waals surface area contributed by atoms with Crippen molar-refractivity contribution in [2.75, 3.05) is 25.1 Å². The zero-order chi connectivity index (χ0) is 12.4. The molecule has 17 heavy (non-hydrogen) atoms. The zero-order valence-corrected chi connectivity index (χ0v) is 10.8. The average molecular weight is 299 g/mol. The number of amides is 2. The lowest BCUT2D eigenvalue weighted by Crippen LogP contribution is -2.51. The standard InChI is InChI=1S/C11H11BrN2O3/c1-17-9-3-2-7(12)4-8(9)14-5-10(15)13-11(16)6-14/h2-4H,5-6H2,1H3,(H,13,15,16). The first-order valence-corrected chi connectivity index (χ1v) is 5.80. The van der Waals surface area contributed by atoms with Crippen LogP contribution in [-0.2, 0) is 9.59 Å². The summed E-state index contributed by atoms with van der Waals surface area (Å²) in [6.45, 7) is 0.303. The summed E-state index contributed by atoms with van der Waals surface area (Å²) in [6, 6.07) is 5.45. The molecule has 0 spiro atoms. The molecule has 0 aliphatic carbocycles. The van der Waals surface area contributed by atoms with E-state index < -0.39 is 0 Å². The van der Waals surface area contributed by atoms with Gasteiger partial charge in [-0.1, -0.05) is 15.9 Å². The van der Waals surface area contributed by atoms with Crippen molar-refractivity contribution in [1.82, 2.24) is 5.32 Å². The first-order chi connectivity index (χ1) is 8.10. The molecule has 1 aliphatic heterocycles. The summed E-state index contributed by atoms with van der Waals surface area (Å²) in [7, 11) is 1.55. The second kappa shape index (κ2) is 4.75. The maximum absolute atomic E-state index is 11.3. The molecule has 1 fully saturated rings. The van der Waals surface area contributed by atoms with Gasteiger partial charge in [-0.25, -0.2) is 0 Å². The molecule has 6 heteroatoms. The molecule has 90 valence electrons. The van der Waals surface area contributed by atoms with E-state index in [0.29, 0.717) is 5.75 Å². The van der Waals surface area contributed by atoms with E-state index in [9.17, 15) is 9.59 Å². The molecule has 1 heterocycles. The third-order valence-electron chi connectivity index (χ3n) is 2.43. The molecule has 1 aromatic carbocycles. The number of imide groups is 1. The summed E-state index contributed by atoms with van der Waals surface area (Å²) in [5.41, 5.74) is 0.727. The largest absolute Gasteiger partial charge is 0.495 e. The van der Waals surface area contributed by atoms with Crippen LogP contribution in [0.15, 0.2) is 22.7 Å². The van der Waals surface area contributed by atoms with Gasteiger partial charge in [0.05, 0.1) is 25.9 Å². The second-order valence-corrected chi connectivity index (χ2v) is 4.56. The highest BCUT2D eigenvalue weighted by Gasteiger charge is 2.24. The lowest BCUT2D eigenvalue weighted by Gasteiger charge is -2.28. The monoisotopic (exact) mass is 298 g/mol. The number of nitrogens with one attached hydrogen (secondary N) is 1. The van der Waals surface area contributed by atoms with Gasteiger partial charge in [-0.2, -0.15) is 0 Å². The number of anilines is 1. The van der Waals surface area contributed by atoms with Gasteiger partial charge in [-0.05, 0) is 18.2 Å². The number of hydrogen-bond acceptors (Lipinski definition) is 4. The van der Waals surface area contributed by atoms with E-state index in [1.807, 2.05) is 12.1 Å². The van der Waals surface area contributed by atoms with Crippen molar-refractivity contribution in [2.45, 2.75) is 0 Å². The molecular weight excluding hydrogens is 288 g/mol. The Labute approximate surface area is 107 Å². The molecule has 0 saturated carbocycles. The molecule has 1 N–H and O–H groups in total. The van der Waals surface area contributed by atoms with Gasteiger partial charge in [0.15, 0.2) is 0 Å². The van der Waals surface area contributed by atoms with Crippen LogP contribution in [0.2, 0.25) is 0 Å². The van der Waals surface area contributed by atoms with Gasteiger partial charge < -0.3 is 9.64 Å². The molecule has 0 bridgehead atoms. The molecule has 5 nitrogen and oxygen atoms in total. The number of methoxy groups -OCH3 is 1. The van der Waals surface area contributed by atoms with E-state index in [2.05, 4.69) is 21.2 Å². The van der Waals surface area contributed by atoms with E-state index in [1.54, 1.807) is 18.1 Å². The smallest absolute Gasteiger partial charge is 0.246 e. The molecule has 1 aliphatic rings. The quantitative estimate of drug-likeness (QED) is 0.825. The van der Waals surface area contributed by atoms with Gasteiger partial charge in [0.1, 0.15) is 5.75 Å². The van der Waals surface area contributed by atoms with Crippen LogP contribution < -0.4 is 15.0 Å². The fourth-order valence-corrected chi connectivity index (χ4v) is 2.07. The Hall–Kier alpha value is -1.56. The van der Waals surface area contributed by atoms with E-state index in [0.717, 1.165) is 10.2 Å². The second-order valence-electron chi connectivity index (χ2n) is 3.64. The highest BCUT2D eigenvalue weighted by Crippen LogP contribution is 2.31. The number of hydrogen-bond donors (Lipinski definition) is 1. The number of rotatable bonds is 2. The summed E-state index contributed by atoms with van der Waals surface area (Å²) in [4.78, 5) is 24.3. The van der Waals surface area contributed by atoms with Crippen LogP contribution in [0.5, 0.6) is 5.75 Å². The molecule has 2 amide bonds.